The normalized spacial score (nSPS) is 14.2. The lowest BCUT2D eigenvalue weighted by atomic mass is 10.0. The van der Waals surface area contributed by atoms with Crippen LogP contribution in [0.3, 0.4) is 0 Å². The number of carbonyl (C=O) groups is 1. The van der Waals surface area contributed by atoms with Gasteiger partial charge < -0.3 is 10.6 Å². The molecular weight excluding hydrogens is 202 g/mol. The number of nitrogens with zero attached hydrogens (tertiary/aromatic N) is 1. The molecule has 0 aliphatic carbocycles. The van der Waals surface area contributed by atoms with E-state index in [2.05, 4.69) is 15.6 Å². The maximum Gasteiger partial charge on any atom is 0.252 e. The van der Waals surface area contributed by atoms with Crippen molar-refractivity contribution in [2.45, 2.75) is 13.8 Å². The molecule has 0 radical (unpaired) electrons. The summed E-state index contributed by atoms with van der Waals surface area (Å²) in [5.41, 5.74) is 2.86. The van der Waals surface area contributed by atoms with Gasteiger partial charge in [0.1, 0.15) is 5.82 Å². The zero-order valence-electron chi connectivity index (χ0n) is 9.50. The van der Waals surface area contributed by atoms with E-state index in [1.807, 2.05) is 26.0 Å². The first kappa shape index (κ1) is 10.8. The number of aromatic nitrogens is 1. The highest BCUT2D eigenvalue weighted by Crippen LogP contribution is 2.11. The minimum absolute atomic E-state index is 0.0606. The van der Waals surface area contributed by atoms with Gasteiger partial charge in [-0.3, -0.25) is 4.79 Å². The van der Waals surface area contributed by atoms with Crippen LogP contribution in [0.25, 0.3) is 0 Å². The van der Waals surface area contributed by atoms with Crippen molar-refractivity contribution in [1.29, 1.82) is 0 Å². The minimum Gasteiger partial charge on any atom is -0.309 e. The van der Waals surface area contributed by atoms with Crippen LogP contribution >= 0.6 is 0 Å². The Kier molecular flexibility index (Phi) is 3.01. The molecule has 84 valence electrons. The molecule has 0 spiro atoms. The van der Waals surface area contributed by atoms with Gasteiger partial charge in [0.2, 0.25) is 0 Å². The van der Waals surface area contributed by atoms with Gasteiger partial charge >= 0.3 is 0 Å². The Morgan fingerprint density at radius 2 is 2.19 bits per heavy atom. The Balaban J connectivity index is 2.07. The van der Waals surface area contributed by atoms with Gasteiger partial charge in [-0.2, -0.15) is 0 Å². The molecular formula is C12H15N3O. The molecule has 4 heteroatoms. The molecule has 2 heterocycles. The number of aryl methyl sites for hydroxylation is 1. The molecule has 0 saturated carbocycles. The van der Waals surface area contributed by atoms with E-state index in [9.17, 15) is 4.79 Å². The molecule has 2 N–H and O–H groups in total. The lowest BCUT2D eigenvalue weighted by molar-refractivity contribution is -0.112. The second-order valence-electron chi connectivity index (χ2n) is 3.95. The summed E-state index contributed by atoms with van der Waals surface area (Å²) in [5, 5.41) is 5.91. The Hall–Kier alpha value is -1.68. The van der Waals surface area contributed by atoms with Crippen LogP contribution in [0.2, 0.25) is 0 Å². The van der Waals surface area contributed by atoms with Crippen LogP contribution in [0.15, 0.2) is 29.3 Å². The van der Waals surface area contributed by atoms with E-state index in [1.165, 1.54) is 5.57 Å². The molecule has 1 amide bonds. The first-order valence-corrected chi connectivity index (χ1v) is 5.31. The average molecular weight is 217 g/mol. The van der Waals surface area contributed by atoms with Crippen LogP contribution < -0.4 is 10.6 Å². The van der Waals surface area contributed by atoms with Crippen molar-refractivity contribution in [2.75, 3.05) is 18.4 Å². The lowest BCUT2D eigenvalue weighted by Gasteiger charge is -2.21. The highest BCUT2D eigenvalue weighted by molar-refractivity contribution is 6.03. The maximum atomic E-state index is 11.8. The Morgan fingerprint density at radius 1 is 1.44 bits per heavy atom. The third kappa shape index (κ3) is 2.28. The molecule has 1 saturated heterocycles. The summed E-state index contributed by atoms with van der Waals surface area (Å²) < 4.78 is 0. The van der Waals surface area contributed by atoms with Gasteiger partial charge in [-0.05, 0) is 31.6 Å². The van der Waals surface area contributed by atoms with Gasteiger partial charge in [-0.1, -0.05) is 6.07 Å². The van der Waals surface area contributed by atoms with Crippen molar-refractivity contribution >= 4 is 11.7 Å². The summed E-state index contributed by atoms with van der Waals surface area (Å²) in [6.45, 7) is 5.39. The quantitative estimate of drug-likeness (QED) is 0.733. The van der Waals surface area contributed by atoms with Crippen molar-refractivity contribution in [3.05, 3.63) is 35.0 Å². The van der Waals surface area contributed by atoms with E-state index in [4.69, 9.17) is 0 Å². The molecule has 16 heavy (non-hydrogen) atoms. The number of amides is 1. The third-order valence-corrected chi connectivity index (χ3v) is 2.68. The molecule has 1 aromatic heterocycles. The topological polar surface area (TPSA) is 54.0 Å². The molecule has 4 nitrogen and oxygen atoms in total. The van der Waals surface area contributed by atoms with Crippen LogP contribution in [-0.2, 0) is 4.79 Å². The fraction of sp³-hybridized carbons (Fsp3) is 0.333. The molecule has 0 aromatic carbocycles. The summed E-state index contributed by atoms with van der Waals surface area (Å²) in [6.07, 6.45) is 0. The van der Waals surface area contributed by atoms with Crippen molar-refractivity contribution in [1.82, 2.24) is 10.3 Å². The number of hydrogen-bond acceptors (Lipinski definition) is 3. The second kappa shape index (κ2) is 4.45. The summed E-state index contributed by atoms with van der Waals surface area (Å²) in [4.78, 5) is 16.0. The number of pyridine rings is 1. The number of anilines is 1. The Morgan fingerprint density at radius 3 is 2.75 bits per heavy atom. The van der Waals surface area contributed by atoms with Crippen LogP contribution in [0.5, 0.6) is 0 Å². The zero-order chi connectivity index (χ0) is 11.5. The summed E-state index contributed by atoms with van der Waals surface area (Å²) >= 11 is 0. The molecule has 1 aliphatic rings. The van der Waals surface area contributed by atoms with Crippen molar-refractivity contribution in [2.24, 2.45) is 0 Å². The zero-order valence-corrected chi connectivity index (χ0v) is 9.50. The SMILES string of the molecule is CC(C(=O)Nc1cccc(C)n1)=C1CNC1. The van der Waals surface area contributed by atoms with E-state index in [1.54, 1.807) is 6.07 Å². The average Bonchev–Trinajstić information content (AvgIpc) is 2.14. The Labute approximate surface area is 94.8 Å². The lowest BCUT2D eigenvalue weighted by Crippen LogP contribution is -2.36. The first-order valence-electron chi connectivity index (χ1n) is 5.31. The van der Waals surface area contributed by atoms with Crippen LogP contribution in [-0.4, -0.2) is 24.0 Å². The molecule has 2 rings (SSSR count). The monoisotopic (exact) mass is 217 g/mol. The van der Waals surface area contributed by atoms with E-state index in [0.717, 1.165) is 24.4 Å². The molecule has 0 unspecified atom stereocenters. The predicted molar refractivity (Wildman–Crippen MR) is 63.2 cm³/mol. The van der Waals surface area contributed by atoms with Gasteiger partial charge in [0.15, 0.2) is 0 Å². The first-order chi connectivity index (χ1) is 7.66. The maximum absolute atomic E-state index is 11.8. The fourth-order valence-electron chi connectivity index (χ4n) is 1.50. The standard InChI is InChI=1S/C12H15N3O/c1-8-4-3-5-11(14-8)15-12(16)9(2)10-6-13-7-10/h3-5,13H,6-7H2,1-2H3,(H,14,15,16). The number of hydrogen-bond donors (Lipinski definition) is 2. The summed E-state index contributed by atoms with van der Waals surface area (Å²) in [5.74, 6) is 0.548. The number of carbonyl (C=O) groups excluding carboxylic acids is 1. The molecule has 1 fully saturated rings. The Bertz CT molecular complexity index is 445. The third-order valence-electron chi connectivity index (χ3n) is 2.68. The molecule has 0 atom stereocenters. The van der Waals surface area contributed by atoms with Gasteiger partial charge in [0.25, 0.3) is 5.91 Å². The van der Waals surface area contributed by atoms with Gasteiger partial charge in [0.05, 0.1) is 0 Å². The molecule has 0 bridgehead atoms. The molecule has 1 aromatic rings. The van der Waals surface area contributed by atoms with Crippen LogP contribution in [0, 0.1) is 6.92 Å². The number of nitrogens with one attached hydrogen (secondary N) is 2. The van der Waals surface area contributed by atoms with E-state index in [-0.39, 0.29) is 5.91 Å². The van der Waals surface area contributed by atoms with Gasteiger partial charge in [0, 0.05) is 24.4 Å². The van der Waals surface area contributed by atoms with E-state index in [0.29, 0.717) is 5.82 Å². The van der Waals surface area contributed by atoms with Gasteiger partial charge in [-0.25, -0.2) is 4.98 Å². The number of rotatable bonds is 2. The second-order valence-corrected chi connectivity index (χ2v) is 3.95. The fourth-order valence-corrected chi connectivity index (χ4v) is 1.50. The summed E-state index contributed by atoms with van der Waals surface area (Å²) in [7, 11) is 0. The minimum atomic E-state index is -0.0606. The van der Waals surface area contributed by atoms with Gasteiger partial charge in [-0.15, -0.1) is 0 Å². The van der Waals surface area contributed by atoms with Crippen molar-refractivity contribution in [3.63, 3.8) is 0 Å². The molecule has 1 aliphatic heterocycles. The predicted octanol–water partition coefficient (Wildman–Crippen LogP) is 1.25. The smallest absolute Gasteiger partial charge is 0.252 e. The largest absolute Gasteiger partial charge is 0.309 e. The highest BCUT2D eigenvalue weighted by atomic mass is 16.1. The van der Waals surface area contributed by atoms with Crippen LogP contribution in [0.4, 0.5) is 5.82 Å². The van der Waals surface area contributed by atoms with E-state index < -0.39 is 0 Å². The van der Waals surface area contributed by atoms with Crippen molar-refractivity contribution in [3.8, 4) is 0 Å². The van der Waals surface area contributed by atoms with Crippen molar-refractivity contribution < 1.29 is 4.79 Å². The summed E-state index contributed by atoms with van der Waals surface area (Å²) in [6, 6.07) is 5.57. The van der Waals surface area contributed by atoms with Crippen LogP contribution in [0.1, 0.15) is 12.6 Å². The highest BCUT2D eigenvalue weighted by Gasteiger charge is 2.16. The van der Waals surface area contributed by atoms with E-state index >= 15 is 0 Å².